The van der Waals surface area contributed by atoms with Crippen molar-refractivity contribution in [3.05, 3.63) is 65.7 Å². The number of amides is 1. The molecule has 1 aliphatic rings. The second-order valence-corrected chi connectivity index (χ2v) is 9.54. The number of hydrogen-bond acceptors (Lipinski definition) is 4. The van der Waals surface area contributed by atoms with Crippen molar-refractivity contribution in [1.29, 1.82) is 0 Å². The number of H-pyrrole nitrogens is 1. The van der Waals surface area contributed by atoms with Gasteiger partial charge >= 0.3 is 0 Å². The highest BCUT2D eigenvalue weighted by atomic mass is 35.5. The number of hydrogen-bond donors (Lipinski definition) is 1. The summed E-state index contributed by atoms with van der Waals surface area (Å²) in [5.74, 6) is -0.365. The molecule has 4 rings (SSSR count). The molecule has 29 heavy (non-hydrogen) atoms. The molecule has 3 aromatic rings. The SMILES string of the molecule is O=C(CCS(=O)(=O)c1ccc2cc(Cl)ccc2c1)N1CC=C(c2c[nH]cn2)CC1. The van der Waals surface area contributed by atoms with Crippen molar-refractivity contribution >= 4 is 43.7 Å². The molecule has 0 saturated carbocycles. The van der Waals surface area contributed by atoms with Crippen LogP contribution in [0.3, 0.4) is 0 Å². The Morgan fingerprint density at radius 1 is 1.17 bits per heavy atom. The van der Waals surface area contributed by atoms with Gasteiger partial charge in [0, 0.05) is 30.7 Å². The molecule has 2 heterocycles. The quantitative estimate of drug-likeness (QED) is 0.670. The molecule has 1 amide bonds. The average molecular weight is 430 g/mol. The smallest absolute Gasteiger partial charge is 0.223 e. The minimum Gasteiger partial charge on any atom is -0.351 e. The number of benzene rings is 2. The summed E-state index contributed by atoms with van der Waals surface area (Å²) in [5.41, 5.74) is 1.98. The van der Waals surface area contributed by atoms with Gasteiger partial charge in [-0.3, -0.25) is 4.79 Å². The van der Waals surface area contributed by atoms with Crippen LogP contribution in [0.1, 0.15) is 18.5 Å². The van der Waals surface area contributed by atoms with Gasteiger partial charge in [-0.25, -0.2) is 13.4 Å². The number of carbonyl (C=O) groups excluding carboxylic acids is 1. The third-order valence-electron chi connectivity index (χ3n) is 5.11. The van der Waals surface area contributed by atoms with Gasteiger partial charge < -0.3 is 9.88 Å². The molecule has 1 N–H and O–H groups in total. The standard InChI is InChI=1S/C21H20ClN3O3S/c22-18-3-1-17-12-19(4-2-16(17)11-18)29(27,28)10-7-21(26)25-8-5-15(6-9-25)20-13-23-14-24-20/h1-5,11-14H,6-10H2,(H,23,24). The van der Waals surface area contributed by atoms with Crippen LogP contribution in [-0.2, 0) is 14.6 Å². The number of rotatable bonds is 5. The first-order chi connectivity index (χ1) is 13.9. The molecule has 8 heteroatoms. The molecule has 0 fully saturated rings. The van der Waals surface area contributed by atoms with Crippen molar-refractivity contribution in [2.75, 3.05) is 18.8 Å². The zero-order chi connectivity index (χ0) is 20.4. The van der Waals surface area contributed by atoms with Crippen molar-refractivity contribution in [3.8, 4) is 0 Å². The Hall–Kier alpha value is -2.64. The highest BCUT2D eigenvalue weighted by molar-refractivity contribution is 7.91. The number of carbonyl (C=O) groups is 1. The molecular weight excluding hydrogens is 410 g/mol. The first-order valence-corrected chi connectivity index (χ1v) is 11.3. The van der Waals surface area contributed by atoms with E-state index in [1.54, 1.807) is 47.6 Å². The van der Waals surface area contributed by atoms with Crippen LogP contribution in [0.5, 0.6) is 0 Å². The van der Waals surface area contributed by atoms with E-state index in [4.69, 9.17) is 11.6 Å². The molecule has 0 aliphatic carbocycles. The number of fused-ring (bicyclic) bond motifs is 1. The van der Waals surface area contributed by atoms with Crippen LogP contribution in [-0.4, -0.2) is 48.0 Å². The molecule has 1 aromatic heterocycles. The second kappa shape index (κ2) is 8.00. The van der Waals surface area contributed by atoms with Crippen molar-refractivity contribution in [2.45, 2.75) is 17.7 Å². The second-order valence-electron chi connectivity index (χ2n) is 7.00. The third kappa shape index (κ3) is 4.36. The summed E-state index contributed by atoms with van der Waals surface area (Å²) in [4.78, 5) is 21.6. The summed E-state index contributed by atoms with van der Waals surface area (Å²) >= 11 is 5.98. The van der Waals surface area contributed by atoms with Crippen LogP contribution in [0.15, 0.2) is 59.9 Å². The average Bonchev–Trinajstić information content (AvgIpc) is 3.26. The van der Waals surface area contributed by atoms with Gasteiger partial charge in [0.25, 0.3) is 0 Å². The Labute approximate surface area is 174 Å². The number of imidazole rings is 1. The summed E-state index contributed by atoms with van der Waals surface area (Å²) in [6, 6.07) is 10.2. The first-order valence-electron chi connectivity index (χ1n) is 9.30. The molecule has 0 radical (unpaired) electrons. The molecular formula is C21H20ClN3O3S. The lowest BCUT2D eigenvalue weighted by Gasteiger charge is -2.26. The topological polar surface area (TPSA) is 83.1 Å². The highest BCUT2D eigenvalue weighted by Gasteiger charge is 2.22. The summed E-state index contributed by atoms with van der Waals surface area (Å²) in [5, 5.41) is 2.28. The van der Waals surface area contributed by atoms with Crippen molar-refractivity contribution in [2.24, 2.45) is 0 Å². The number of aromatic nitrogens is 2. The van der Waals surface area contributed by atoms with Gasteiger partial charge in [-0.05, 0) is 47.0 Å². The minimum atomic E-state index is -3.55. The summed E-state index contributed by atoms with van der Waals surface area (Å²) < 4.78 is 25.4. The number of nitrogens with zero attached hydrogens (tertiary/aromatic N) is 2. The molecule has 1 aliphatic heterocycles. The molecule has 0 atom stereocenters. The van der Waals surface area contributed by atoms with Crippen molar-refractivity contribution < 1.29 is 13.2 Å². The van der Waals surface area contributed by atoms with Gasteiger partial charge in [0.05, 0.1) is 22.7 Å². The molecule has 6 nitrogen and oxygen atoms in total. The van der Waals surface area contributed by atoms with Crippen LogP contribution in [0.4, 0.5) is 0 Å². The maximum atomic E-state index is 12.7. The number of sulfone groups is 1. The lowest BCUT2D eigenvalue weighted by molar-refractivity contribution is -0.130. The van der Waals surface area contributed by atoms with Gasteiger partial charge in [0.15, 0.2) is 9.84 Å². The Balaban J connectivity index is 1.40. The Morgan fingerprint density at radius 2 is 1.97 bits per heavy atom. The zero-order valence-electron chi connectivity index (χ0n) is 15.6. The summed E-state index contributed by atoms with van der Waals surface area (Å²) in [6.45, 7) is 1.03. The Morgan fingerprint density at radius 3 is 2.69 bits per heavy atom. The highest BCUT2D eigenvalue weighted by Crippen LogP contribution is 2.24. The molecule has 0 saturated heterocycles. The van der Waals surface area contributed by atoms with Gasteiger partial charge in [-0.2, -0.15) is 0 Å². The monoisotopic (exact) mass is 429 g/mol. The molecule has 0 unspecified atom stereocenters. The van der Waals surface area contributed by atoms with E-state index >= 15 is 0 Å². The minimum absolute atomic E-state index is 0.0352. The van der Waals surface area contributed by atoms with E-state index in [-0.39, 0.29) is 23.0 Å². The maximum Gasteiger partial charge on any atom is 0.223 e. The lowest BCUT2D eigenvalue weighted by atomic mass is 10.1. The maximum absolute atomic E-state index is 12.7. The van der Waals surface area contributed by atoms with E-state index in [1.165, 1.54) is 0 Å². The van der Waals surface area contributed by atoms with E-state index < -0.39 is 9.84 Å². The van der Waals surface area contributed by atoms with Crippen LogP contribution in [0.2, 0.25) is 5.02 Å². The fraction of sp³-hybridized carbons (Fsp3) is 0.238. The molecule has 150 valence electrons. The molecule has 0 bridgehead atoms. The number of aromatic amines is 1. The number of nitrogens with one attached hydrogen (secondary N) is 1. The zero-order valence-corrected chi connectivity index (χ0v) is 17.2. The van der Waals surface area contributed by atoms with E-state index in [0.717, 1.165) is 22.0 Å². The number of halogens is 1. The first kappa shape index (κ1) is 19.7. The largest absolute Gasteiger partial charge is 0.351 e. The lowest BCUT2D eigenvalue weighted by Crippen LogP contribution is -2.35. The van der Waals surface area contributed by atoms with Crippen LogP contribution in [0.25, 0.3) is 16.3 Å². The van der Waals surface area contributed by atoms with Gasteiger partial charge in [-0.1, -0.05) is 29.8 Å². The fourth-order valence-electron chi connectivity index (χ4n) is 3.45. The van der Waals surface area contributed by atoms with Crippen LogP contribution >= 0.6 is 11.6 Å². The molecule has 0 spiro atoms. The Bertz CT molecular complexity index is 1190. The predicted molar refractivity (Wildman–Crippen MR) is 113 cm³/mol. The summed E-state index contributed by atoms with van der Waals surface area (Å²) in [7, 11) is -3.55. The van der Waals surface area contributed by atoms with Gasteiger partial charge in [0.1, 0.15) is 0 Å². The van der Waals surface area contributed by atoms with E-state index in [2.05, 4.69) is 9.97 Å². The Kier molecular flexibility index (Phi) is 5.43. The molecule has 2 aromatic carbocycles. The third-order valence-corrected chi connectivity index (χ3v) is 7.06. The fourth-order valence-corrected chi connectivity index (χ4v) is 4.89. The van der Waals surface area contributed by atoms with Crippen LogP contribution < -0.4 is 0 Å². The van der Waals surface area contributed by atoms with E-state index in [0.29, 0.717) is 24.5 Å². The van der Waals surface area contributed by atoms with Crippen molar-refractivity contribution in [3.63, 3.8) is 0 Å². The predicted octanol–water partition coefficient (Wildman–Crippen LogP) is 3.70. The van der Waals surface area contributed by atoms with E-state index in [9.17, 15) is 13.2 Å². The van der Waals surface area contributed by atoms with Crippen molar-refractivity contribution in [1.82, 2.24) is 14.9 Å². The van der Waals surface area contributed by atoms with E-state index in [1.807, 2.05) is 12.3 Å². The van der Waals surface area contributed by atoms with Gasteiger partial charge in [0.2, 0.25) is 5.91 Å². The summed E-state index contributed by atoms with van der Waals surface area (Å²) in [6.07, 6.45) is 6.09. The van der Waals surface area contributed by atoms with Gasteiger partial charge in [-0.15, -0.1) is 0 Å². The normalized spacial score (nSPS) is 14.8. The van der Waals surface area contributed by atoms with Crippen LogP contribution in [0, 0.1) is 0 Å².